The second-order valence-electron chi connectivity index (χ2n) is 7.15. The van der Waals surface area contributed by atoms with E-state index in [1.54, 1.807) is 0 Å². The molecule has 0 bridgehead atoms. The van der Waals surface area contributed by atoms with Crippen LogP contribution in [0.2, 0.25) is 0 Å². The fourth-order valence-corrected chi connectivity index (χ4v) is 3.25. The van der Waals surface area contributed by atoms with Crippen LogP contribution < -0.4 is 9.68 Å². The Morgan fingerprint density at radius 2 is 1.12 bits per heavy atom. The summed E-state index contributed by atoms with van der Waals surface area (Å²) in [5, 5.41) is 16.4. The molecule has 2 heterocycles. The maximum absolute atomic E-state index is 13.4. The van der Waals surface area contributed by atoms with Crippen LogP contribution in [0.15, 0.2) is 60.7 Å². The second kappa shape index (κ2) is 9.86. The molecule has 0 aliphatic heterocycles. The van der Waals surface area contributed by atoms with Crippen molar-refractivity contribution in [3.05, 3.63) is 83.4 Å². The standard InChI is InChI=1S/C23H24N6O3/c1-3-11-19-21(24-26-28(19)31-17-13-7-5-8-14-17)23(30)22-20(12-4-2)29(27-25-22)32-18-15-9-6-10-16-18/h5-10,13-16H,3-4,11-12H2,1-2H3. The molecule has 164 valence electrons. The first-order valence-electron chi connectivity index (χ1n) is 10.6. The van der Waals surface area contributed by atoms with Gasteiger partial charge in [0.15, 0.2) is 22.9 Å². The van der Waals surface area contributed by atoms with Crippen LogP contribution in [0.1, 0.15) is 54.3 Å². The van der Waals surface area contributed by atoms with E-state index in [0.717, 1.165) is 12.8 Å². The van der Waals surface area contributed by atoms with Gasteiger partial charge in [-0.15, -0.1) is 10.2 Å². The lowest BCUT2D eigenvalue weighted by atomic mass is 10.1. The maximum Gasteiger partial charge on any atom is 0.237 e. The average Bonchev–Trinajstić information content (AvgIpc) is 3.40. The Balaban J connectivity index is 1.66. The fraction of sp³-hybridized carbons (Fsp3) is 0.261. The molecule has 4 rings (SSSR count). The molecule has 9 heteroatoms. The van der Waals surface area contributed by atoms with Gasteiger partial charge >= 0.3 is 0 Å². The number of ketones is 1. The van der Waals surface area contributed by atoms with Gasteiger partial charge in [-0.3, -0.25) is 4.79 Å². The van der Waals surface area contributed by atoms with Gasteiger partial charge in [0.25, 0.3) is 0 Å². The van der Waals surface area contributed by atoms with Gasteiger partial charge in [-0.2, -0.15) is 0 Å². The van der Waals surface area contributed by atoms with E-state index in [1.807, 2.05) is 74.5 Å². The smallest absolute Gasteiger partial charge is 0.237 e. The highest BCUT2D eigenvalue weighted by molar-refractivity contribution is 6.07. The number of rotatable bonds is 10. The Morgan fingerprint density at radius 1 is 0.719 bits per heavy atom. The van der Waals surface area contributed by atoms with Gasteiger partial charge in [0.1, 0.15) is 11.4 Å². The number of para-hydroxylation sites is 2. The average molecular weight is 432 g/mol. The zero-order valence-corrected chi connectivity index (χ0v) is 18.0. The van der Waals surface area contributed by atoms with E-state index in [2.05, 4.69) is 20.6 Å². The number of carbonyl (C=O) groups excluding carboxylic acids is 1. The van der Waals surface area contributed by atoms with Gasteiger partial charge in [0.2, 0.25) is 5.78 Å². The molecule has 32 heavy (non-hydrogen) atoms. The molecule has 0 N–H and O–H groups in total. The molecule has 0 amide bonds. The molecule has 0 fully saturated rings. The highest BCUT2D eigenvalue weighted by atomic mass is 16.7. The van der Waals surface area contributed by atoms with Crippen LogP contribution in [0.4, 0.5) is 0 Å². The second-order valence-corrected chi connectivity index (χ2v) is 7.15. The molecular formula is C23H24N6O3. The van der Waals surface area contributed by atoms with Crippen LogP contribution in [0.25, 0.3) is 0 Å². The van der Waals surface area contributed by atoms with Crippen molar-refractivity contribution in [3.63, 3.8) is 0 Å². The van der Waals surface area contributed by atoms with Gasteiger partial charge in [0, 0.05) is 0 Å². The molecule has 0 saturated heterocycles. The Labute approximate surface area is 185 Å². The third-order valence-corrected chi connectivity index (χ3v) is 4.73. The summed E-state index contributed by atoms with van der Waals surface area (Å²) in [5.41, 5.74) is 1.57. The summed E-state index contributed by atoms with van der Waals surface area (Å²) < 4.78 is 0. The van der Waals surface area contributed by atoms with Crippen molar-refractivity contribution < 1.29 is 14.5 Å². The topological polar surface area (TPSA) is 97.0 Å². The zero-order chi connectivity index (χ0) is 22.3. The molecule has 0 aliphatic rings. The van der Waals surface area contributed by atoms with Crippen LogP contribution in [0.5, 0.6) is 11.5 Å². The third-order valence-electron chi connectivity index (χ3n) is 4.73. The predicted octanol–water partition coefficient (Wildman–Crippen LogP) is 3.69. The lowest BCUT2D eigenvalue weighted by Gasteiger charge is -2.08. The van der Waals surface area contributed by atoms with Crippen molar-refractivity contribution in [1.82, 2.24) is 30.3 Å². The van der Waals surface area contributed by atoms with Crippen LogP contribution in [0, 0.1) is 0 Å². The summed E-state index contributed by atoms with van der Waals surface area (Å²) in [6.07, 6.45) is 2.71. The fourth-order valence-electron chi connectivity index (χ4n) is 3.25. The van der Waals surface area contributed by atoms with Crippen LogP contribution in [-0.4, -0.2) is 36.1 Å². The van der Waals surface area contributed by atoms with Crippen molar-refractivity contribution in [2.45, 2.75) is 39.5 Å². The number of hydrogen-bond donors (Lipinski definition) is 0. The minimum atomic E-state index is -0.359. The van der Waals surface area contributed by atoms with Crippen molar-refractivity contribution >= 4 is 5.78 Å². The minimum Gasteiger partial charge on any atom is -0.356 e. The number of nitrogens with zero attached hydrogens (tertiary/aromatic N) is 6. The normalized spacial score (nSPS) is 10.8. The lowest BCUT2D eigenvalue weighted by molar-refractivity contribution is 0.102. The van der Waals surface area contributed by atoms with Crippen molar-refractivity contribution in [3.8, 4) is 11.5 Å². The van der Waals surface area contributed by atoms with Gasteiger partial charge in [-0.05, 0) is 47.5 Å². The molecule has 0 spiro atoms. The van der Waals surface area contributed by atoms with E-state index in [0.29, 0.717) is 35.7 Å². The van der Waals surface area contributed by atoms with E-state index >= 15 is 0 Å². The van der Waals surface area contributed by atoms with Gasteiger partial charge in [-0.25, -0.2) is 0 Å². The highest BCUT2D eigenvalue weighted by Crippen LogP contribution is 2.19. The molecule has 0 aliphatic carbocycles. The summed E-state index contributed by atoms with van der Waals surface area (Å²) in [6.45, 7) is 4.03. The van der Waals surface area contributed by atoms with E-state index < -0.39 is 0 Å². The van der Waals surface area contributed by atoms with Crippen LogP contribution in [0.3, 0.4) is 0 Å². The molecular weight excluding hydrogens is 408 g/mol. The SMILES string of the molecule is CCCc1c(C(=O)c2nnn(Oc3ccccc3)c2CCC)nnn1Oc1ccccc1. The summed E-state index contributed by atoms with van der Waals surface area (Å²) in [4.78, 5) is 27.7. The Hall–Kier alpha value is -4.01. The number of benzene rings is 2. The molecule has 0 saturated carbocycles. The van der Waals surface area contributed by atoms with E-state index in [9.17, 15) is 4.79 Å². The summed E-state index contributed by atoms with van der Waals surface area (Å²) >= 11 is 0. The first-order chi connectivity index (χ1) is 15.7. The van der Waals surface area contributed by atoms with E-state index in [-0.39, 0.29) is 17.2 Å². The van der Waals surface area contributed by atoms with Crippen LogP contribution >= 0.6 is 0 Å². The Morgan fingerprint density at radius 3 is 1.50 bits per heavy atom. The third kappa shape index (κ3) is 4.51. The van der Waals surface area contributed by atoms with E-state index in [4.69, 9.17) is 9.68 Å². The maximum atomic E-state index is 13.4. The number of aromatic nitrogens is 6. The number of carbonyl (C=O) groups is 1. The van der Waals surface area contributed by atoms with Crippen molar-refractivity contribution in [2.24, 2.45) is 0 Å². The summed E-state index contributed by atoms with van der Waals surface area (Å²) in [5.74, 6) is 0.841. The Bertz CT molecular complexity index is 1080. The van der Waals surface area contributed by atoms with Gasteiger partial charge in [0.05, 0.1) is 0 Å². The molecule has 4 aromatic rings. The predicted molar refractivity (Wildman–Crippen MR) is 116 cm³/mol. The highest BCUT2D eigenvalue weighted by Gasteiger charge is 2.28. The molecule has 0 atom stereocenters. The summed E-state index contributed by atoms with van der Waals surface area (Å²) in [7, 11) is 0. The monoisotopic (exact) mass is 432 g/mol. The van der Waals surface area contributed by atoms with Gasteiger partial charge < -0.3 is 9.68 Å². The lowest BCUT2D eigenvalue weighted by Crippen LogP contribution is -2.16. The largest absolute Gasteiger partial charge is 0.356 e. The molecule has 0 radical (unpaired) electrons. The van der Waals surface area contributed by atoms with Crippen molar-refractivity contribution in [2.75, 3.05) is 0 Å². The minimum absolute atomic E-state index is 0.201. The van der Waals surface area contributed by atoms with Gasteiger partial charge in [-0.1, -0.05) is 72.8 Å². The molecule has 2 aromatic heterocycles. The van der Waals surface area contributed by atoms with E-state index in [1.165, 1.54) is 9.69 Å². The molecule has 0 unspecified atom stereocenters. The first-order valence-corrected chi connectivity index (χ1v) is 10.6. The Kier molecular flexibility index (Phi) is 6.54. The summed E-state index contributed by atoms with van der Waals surface area (Å²) in [6, 6.07) is 18.5. The van der Waals surface area contributed by atoms with Crippen molar-refractivity contribution in [1.29, 1.82) is 0 Å². The van der Waals surface area contributed by atoms with Crippen LogP contribution in [-0.2, 0) is 12.8 Å². The zero-order valence-electron chi connectivity index (χ0n) is 18.0. The first kappa shape index (κ1) is 21.2. The number of hydrogen-bond acceptors (Lipinski definition) is 7. The molecule has 2 aromatic carbocycles. The quantitative estimate of drug-likeness (QED) is 0.353. The molecule has 9 nitrogen and oxygen atoms in total.